The molecule has 0 amide bonds. The van der Waals surface area contributed by atoms with E-state index in [0.29, 0.717) is 18.7 Å². The first kappa shape index (κ1) is 14.4. The molecule has 6 nitrogen and oxygen atoms in total. The van der Waals surface area contributed by atoms with E-state index in [-0.39, 0.29) is 6.61 Å². The van der Waals surface area contributed by atoms with E-state index in [1.807, 2.05) is 0 Å². The summed E-state index contributed by atoms with van der Waals surface area (Å²) in [4.78, 5) is 3.08. The first-order valence-corrected chi connectivity index (χ1v) is 7.03. The van der Waals surface area contributed by atoms with Crippen molar-refractivity contribution in [1.29, 1.82) is 0 Å². The normalized spacial score (nSPS) is 11.6. The van der Waals surface area contributed by atoms with Gasteiger partial charge in [0.1, 0.15) is 17.3 Å². The summed E-state index contributed by atoms with van der Waals surface area (Å²) < 4.78 is 56.0. The molecule has 0 aliphatic rings. The van der Waals surface area contributed by atoms with Gasteiger partial charge in [-0.15, -0.1) is 0 Å². The highest BCUT2D eigenvalue weighted by molar-refractivity contribution is 7.89. The van der Waals surface area contributed by atoms with Gasteiger partial charge in [-0.25, -0.2) is 27.3 Å². The van der Waals surface area contributed by atoms with Gasteiger partial charge >= 0.3 is 0 Å². The summed E-state index contributed by atoms with van der Waals surface area (Å²) in [7, 11) is -4.29. The van der Waals surface area contributed by atoms with E-state index in [2.05, 4.69) is 4.98 Å². The predicted molar refractivity (Wildman–Crippen MR) is 65.5 cm³/mol. The van der Waals surface area contributed by atoms with Crippen LogP contribution < -0.4 is 9.88 Å². The molecule has 0 aliphatic heterocycles. The number of hydrogen-bond acceptors (Lipinski definition) is 4. The smallest absolute Gasteiger partial charge is 0.241 e. The molecule has 0 unspecified atom stereocenters. The molecule has 9 heteroatoms. The topological polar surface area (TPSA) is 87.2 Å². The molecular formula is C11H11F2N3O3S. The minimum Gasteiger partial charge on any atom is -0.487 e. The molecule has 0 bridgehead atoms. The molecule has 1 aromatic heterocycles. The maximum atomic E-state index is 13.6. The van der Waals surface area contributed by atoms with Crippen molar-refractivity contribution in [2.24, 2.45) is 5.14 Å². The maximum absolute atomic E-state index is 13.6. The zero-order chi connectivity index (χ0) is 14.8. The number of nitrogens with two attached hydrogens (primary N) is 1. The Kier molecular flexibility index (Phi) is 4.00. The number of nitrogens with zero attached hydrogens (tertiary/aromatic N) is 2. The number of aromatic nitrogens is 2. The summed E-state index contributed by atoms with van der Waals surface area (Å²) >= 11 is 0. The molecule has 20 heavy (non-hydrogen) atoms. The largest absolute Gasteiger partial charge is 0.487 e. The number of rotatable bonds is 5. The average molecular weight is 303 g/mol. The highest BCUT2D eigenvalue weighted by Crippen LogP contribution is 2.27. The Morgan fingerprint density at radius 3 is 2.70 bits per heavy atom. The van der Waals surface area contributed by atoms with Gasteiger partial charge in [0.2, 0.25) is 10.0 Å². The van der Waals surface area contributed by atoms with E-state index in [1.165, 1.54) is 6.33 Å². The Balaban J connectivity index is 2.22. The SMILES string of the molecule is NS(=O)(=O)c1cc(F)cc(F)c1OCCn1ccnc1. The monoisotopic (exact) mass is 303 g/mol. The van der Waals surface area contributed by atoms with Crippen molar-refractivity contribution in [2.75, 3.05) is 6.61 Å². The fraction of sp³-hybridized carbons (Fsp3) is 0.182. The second kappa shape index (κ2) is 5.55. The number of benzene rings is 1. The lowest BCUT2D eigenvalue weighted by Crippen LogP contribution is -2.16. The van der Waals surface area contributed by atoms with Gasteiger partial charge in [0, 0.05) is 18.5 Å². The van der Waals surface area contributed by atoms with Crippen molar-refractivity contribution in [1.82, 2.24) is 9.55 Å². The van der Waals surface area contributed by atoms with E-state index in [9.17, 15) is 17.2 Å². The summed E-state index contributed by atoms with van der Waals surface area (Å²) in [6.45, 7) is 0.294. The number of primary sulfonamides is 1. The van der Waals surface area contributed by atoms with E-state index in [1.54, 1.807) is 17.0 Å². The Labute approximate surface area is 113 Å². The van der Waals surface area contributed by atoms with Gasteiger partial charge in [-0.2, -0.15) is 0 Å². The quantitative estimate of drug-likeness (QED) is 0.888. The third-order valence-corrected chi connectivity index (χ3v) is 3.35. The molecular weight excluding hydrogens is 292 g/mol. The van der Waals surface area contributed by atoms with Gasteiger partial charge in [-0.05, 0) is 6.07 Å². The Hall–Kier alpha value is -2.00. The van der Waals surface area contributed by atoms with Gasteiger partial charge in [-0.3, -0.25) is 0 Å². The van der Waals surface area contributed by atoms with Crippen molar-refractivity contribution in [3.63, 3.8) is 0 Å². The lowest BCUT2D eigenvalue weighted by molar-refractivity contribution is 0.275. The summed E-state index contributed by atoms with van der Waals surface area (Å²) in [5.74, 6) is -2.76. The van der Waals surface area contributed by atoms with Crippen LogP contribution in [0, 0.1) is 11.6 Å². The Bertz CT molecular complexity index is 702. The second-order valence-electron chi connectivity index (χ2n) is 3.91. The molecule has 0 saturated carbocycles. The number of ether oxygens (including phenoxy) is 1. The van der Waals surface area contributed by atoms with E-state index in [4.69, 9.17) is 9.88 Å². The highest BCUT2D eigenvalue weighted by Gasteiger charge is 2.21. The second-order valence-corrected chi connectivity index (χ2v) is 5.44. The van der Waals surface area contributed by atoms with Crippen LogP contribution in [0.3, 0.4) is 0 Å². The molecule has 0 atom stereocenters. The lowest BCUT2D eigenvalue weighted by atomic mass is 10.3. The summed E-state index contributed by atoms with van der Waals surface area (Å²) in [5, 5.41) is 4.91. The molecule has 2 aromatic rings. The van der Waals surface area contributed by atoms with Crippen molar-refractivity contribution in [3.8, 4) is 5.75 Å². The highest BCUT2D eigenvalue weighted by atomic mass is 32.2. The van der Waals surface area contributed by atoms with Crippen LogP contribution in [-0.2, 0) is 16.6 Å². The van der Waals surface area contributed by atoms with Crippen LogP contribution >= 0.6 is 0 Å². The zero-order valence-electron chi connectivity index (χ0n) is 10.2. The van der Waals surface area contributed by atoms with E-state index in [0.717, 1.165) is 0 Å². The van der Waals surface area contributed by atoms with Gasteiger partial charge in [0.25, 0.3) is 0 Å². The molecule has 2 rings (SSSR count). The van der Waals surface area contributed by atoms with E-state index >= 15 is 0 Å². The Morgan fingerprint density at radius 1 is 1.35 bits per heavy atom. The molecule has 0 radical (unpaired) electrons. The first-order chi connectivity index (χ1) is 9.38. The third-order valence-electron chi connectivity index (χ3n) is 2.44. The summed E-state index contributed by atoms with van der Waals surface area (Å²) in [6, 6.07) is 1.15. The van der Waals surface area contributed by atoms with Crippen molar-refractivity contribution in [2.45, 2.75) is 11.4 Å². The number of hydrogen-bond donors (Lipinski definition) is 1. The van der Waals surface area contributed by atoms with Crippen LogP contribution in [0.4, 0.5) is 8.78 Å². The molecule has 0 fully saturated rings. The van der Waals surface area contributed by atoms with Crippen molar-refractivity contribution in [3.05, 3.63) is 42.5 Å². The summed E-state index contributed by atoms with van der Waals surface area (Å²) in [6.07, 6.45) is 4.73. The van der Waals surface area contributed by atoms with Crippen LogP contribution in [0.2, 0.25) is 0 Å². The zero-order valence-corrected chi connectivity index (χ0v) is 11.0. The van der Waals surface area contributed by atoms with Crippen LogP contribution in [0.5, 0.6) is 5.75 Å². The maximum Gasteiger partial charge on any atom is 0.241 e. The van der Waals surface area contributed by atoms with Gasteiger partial charge < -0.3 is 9.30 Å². The van der Waals surface area contributed by atoms with Gasteiger partial charge in [0.05, 0.1) is 12.9 Å². The third kappa shape index (κ3) is 3.31. The molecule has 1 heterocycles. The number of halogens is 2. The molecule has 0 aliphatic carbocycles. The van der Waals surface area contributed by atoms with E-state index < -0.39 is 32.3 Å². The van der Waals surface area contributed by atoms with Crippen molar-refractivity contribution >= 4 is 10.0 Å². The van der Waals surface area contributed by atoms with Gasteiger partial charge in [-0.1, -0.05) is 0 Å². The van der Waals surface area contributed by atoms with Gasteiger partial charge in [0.15, 0.2) is 11.6 Å². The number of sulfonamides is 1. The lowest BCUT2D eigenvalue weighted by Gasteiger charge is -2.11. The molecule has 0 spiro atoms. The standard InChI is InChI=1S/C11H11F2N3O3S/c12-8-5-9(13)11(10(6-8)20(14,17)18)19-4-3-16-2-1-15-7-16/h1-2,5-7H,3-4H2,(H2,14,17,18). The average Bonchev–Trinajstić information content (AvgIpc) is 2.83. The fourth-order valence-corrected chi connectivity index (χ4v) is 2.25. The molecule has 2 N–H and O–H groups in total. The van der Waals surface area contributed by atoms with Crippen LogP contribution in [-0.4, -0.2) is 24.6 Å². The minimum atomic E-state index is -4.29. The number of imidazole rings is 1. The van der Waals surface area contributed by atoms with Crippen LogP contribution in [0.25, 0.3) is 0 Å². The van der Waals surface area contributed by atoms with Crippen molar-refractivity contribution < 1.29 is 21.9 Å². The molecule has 0 saturated heterocycles. The fourth-order valence-electron chi connectivity index (χ4n) is 1.56. The van der Waals surface area contributed by atoms with Crippen LogP contribution in [0.15, 0.2) is 35.7 Å². The molecule has 108 valence electrons. The minimum absolute atomic E-state index is 0.0264. The molecule has 1 aromatic carbocycles. The Morgan fingerprint density at radius 2 is 2.10 bits per heavy atom. The summed E-state index contributed by atoms with van der Waals surface area (Å²) in [5.41, 5.74) is 0. The van der Waals surface area contributed by atoms with Crippen LogP contribution in [0.1, 0.15) is 0 Å². The first-order valence-electron chi connectivity index (χ1n) is 5.48. The predicted octanol–water partition coefficient (Wildman–Crippen LogP) is 0.888.